The standard InChI is InChI=1S/C20H13BrN2O3/c21-15-7-5-14-10-16(8-6-13(14)9-15)26-19(24)11-23-12-22-18-4-2-1-3-17(18)20(23)25/h1-10,12H,11H2. The van der Waals surface area contributed by atoms with E-state index in [0.29, 0.717) is 16.7 Å². The summed E-state index contributed by atoms with van der Waals surface area (Å²) in [6, 6.07) is 18.3. The molecular formula is C20H13BrN2O3. The summed E-state index contributed by atoms with van der Waals surface area (Å²) in [7, 11) is 0. The summed E-state index contributed by atoms with van der Waals surface area (Å²) in [5.74, 6) is -0.0905. The van der Waals surface area contributed by atoms with Crippen molar-refractivity contribution in [1.29, 1.82) is 0 Å². The number of ether oxygens (including phenoxy) is 1. The molecule has 0 amide bonds. The second-order valence-corrected chi connectivity index (χ2v) is 6.74. The smallest absolute Gasteiger partial charge is 0.331 e. The van der Waals surface area contributed by atoms with Gasteiger partial charge in [0.05, 0.1) is 17.2 Å². The van der Waals surface area contributed by atoms with E-state index in [1.54, 1.807) is 30.3 Å². The Balaban J connectivity index is 1.56. The average molecular weight is 409 g/mol. The molecule has 0 saturated heterocycles. The van der Waals surface area contributed by atoms with Crippen molar-refractivity contribution in [2.75, 3.05) is 0 Å². The van der Waals surface area contributed by atoms with Crippen LogP contribution in [0.15, 0.2) is 76.3 Å². The molecule has 4 aromatic rings. The molecule has 0 bridgehead atoms. The van der Waals surface area contributed by atoms with Gasteiger partial charge >= 0.3 is 5.97 Å². The monoisotopic (exact) mass is 408 g/mol. The van der Waals surface area contributed by atoms with E-state index in [0.717, 1.165) is 15.2 Å². The fraction of sp³-hybridized carbons (Fsp3) is 0.0500. The fourth-order valence-corrected chi connectivity index (χ4v) is 3.16. The van der Waals surface area contributed by atoms with E-state index in [2.05, 4.69) is 20.9 Å². The molecule has 0 aliphatic carbocycles. The molecule has 3 aromatic carbocycles. The van der Waals surface area contributed by atoms with E-state index in [9.17, 15) is 9.59 Å². The summed E-state index contributed by atoms with van der Waals surface area (Å²) in [5.41, 5.74) is 0.332. The van der Waals surface area contributed by atoms with Crippen LogP contribution in [0.1, 0.15) is 0 Å². The van der Waals surface area contributed by atoms with Crippen LogP contribution in [0.4, 0.5) is 0 Å². The van der Waals surface area contributed by atoms with E-state index in [4.69, 9.17) is 4.74 Å². The first kappa shape index (κ1) is 16.5. The molecule has 0 spiro atoms. The number of fused-ring (bicyclic) bond motifs is 2. The summed E-state index contributed by atoms with van der Waals surface area (Å²) < 4.78 is 7.62. The first-order chi connectivity index (χ1) is 12.6. The highest BCUT2D eigenvalue weighted by atomic mass is 79.9. The van der Waals surface area contributed by atoms with E-state index >= 15 is 0 Å². The highest BCUT2D eigenvalue weighted by molar-refractivity contribution is 9.10. The Hall–Kier alpha value is -2.99. The topological polar surface area (TPSA) is 61.2 Å². The Kier molecular flexibility index (Phi) is 4.26. The van der Waals surface area contributed by atoms with Gasteiger partial charge in [0.1, 0.15) is 12.3 Å². The third-order valence-electron chi connectivity index (χ3n) is 4.04. The molecule has 0 atom stereocenters. The largest absolute Gasteiger partial charge is 0.425 e. The Morgan fingerprint density at radius 2 is 1.81 bits per heavy atom. The summed E-state index contributed by atoms with van der Waals surface area (Å²) in [6.45, 7) is -0.199. The van der Waals surface area contributed by atoms with Crippen molar-refractivity contribution in [2.24, 2.45) is 0 Å². The van der Waals surface area contributed by atoms with Gasteiger partial charge < -0.3 is 4.74 Å². The van der Waals surface area contributed by atoms with Gasteiger partial charge in [-0.3, -0.25) is 9.36 Å². The molecule has 1 heterocycles. The van der Waals surface area contributed by atoms with E-state index in [-0.39, 0.29) is 12.1 Å². The Morgan fingerprint density at radius 3 is 2.69 bits per heavy atom. The zero-order valence-corrected chi connectivity index (χ0v) is 15.1. The maximum absolute atomic E-state index is 12.4. The van der Waals surface area contributed by atoms with Crippen LogP contribution in [0.3, 0.4) is 0 Å². The lowest BCUT2D eigenvalue weighted by atomic mass is 10.1. The van der Waals surface area contributed by atoms with Crippen molar-refractivity contribution in [2.45, 2.75) is 6.54 Å². The van der Waals surface area contributed by atoms with Gasteiger partial charge in [0.15, 0.2) is 0 Å². The zero-order valence-electron chi connectivity index (χ0n) is 13.6. The maximum atomic E-state index is 12.4. The van der Waals surface area contributed by atoms with Gasteiger partial charge in [-0.25, -0.2) is 9.78 Å². The van der Waals surface area contributed by atoms with Crippen molar-refractivity contribution < 1.29 is 9.53 Å². The maximum Gasteiger partial charge on any atom is 0.331 e. The second kappa shape index (κ2) is 6.72. The lowest BCUT2D eigenvalue weighted by Gasteiger charge is -2.08. The van der Waals surface area contributed by atoms with Gasteiger partial charge in [-0.1, -0.05) is 40.2 Å². The van der Waals surface area contributed by atoms with Crippen molar-refractivity contribution in [3.8, 4) is 5.75 Å². The highest BCUT2D eigenvalue weighted by Crippen LogP contribution is 2.24. The summed E-state index contributed by atoms with van der Waals surface area (Å²) in [4.78, 5) is 28.9. The Labute approximate surface area is 157 Å². The van der Waals surface area contributed by atoms with Crippen LogP contribution < -0.4 is 10.3 Å². The minimum absolute atomic E-state index is 0.199. The fourth-order valence-electron chi connectivity index (χ4n) is 2.78. The van der Waals surface area contributed by atoms with Gasteiger partial charge in [0.2, 0.25) is 0 Å². The van der Waals surface area contributed by atoms with Crippen molar-refractivity contribution in [3.63, 3.8) is 0 Å². The number of carbonyl (C=O) groups excluding carboxylic acids is 1. The van der Waals surface area contributed by atoms with Crippen LogP contribution in [-0.2, 0) is 11.3 Å². The number of carbonyl (C=O) groups is 1. The molecule has 0 fully saturated rings. The Morgan fingerprint density at radius 1 is 1.04 bits per heavy atom. The van der Waals surface area contributed by atoms with Crippen molar-refractivity contribution >= 4 is 43.6 Å². The SMILES string of the molecule is O=C(Cn1cnc2ccccc2c1=O)Oc1ccc2cc(Br)ccc2c1. The van der Waals surface area contributed by atoms with Gasteiger partial charge in [0.25, 0.3) is 5.56 Å². The van der Waals surface area contributed by atoms with Crippen LogP contribution >= 0.6 is 15.9 Å². The number of halogens is 1. The van der Waals surface area contributed by atoms with Crippen LogP contribution in [0.2, 0.25) is 0 Å². The molecule has 6 heteroatoms. The minimum Gasteiger partial charge on any atom is -0.425 e. The normalized spacial score (nSPS) is 11.0. The summed E-state index contributed by atoms with van der Waals surface area (Å²) in [5, 5.41) is 2.47. The highest BCUT2D eigenvalue weighted by Gasteiger charge is 2.10. The number of aromatic nitrogens is 2. The first-order valence-corrected chi connectivity index (χ1v) is 8.74. The average Bonchev–Trinajstić information content (AvgIpc) is 2.64. The van der Waals surface area contributed by atoms with E-state index in [1.165, 1.54) is 10.9 Å². The first-order valence-electron chi connectivity index (χ1n) is 7.94. The number of hydrogen-bond acceptors (Lipinski definition) is 4. The predicted molar refractivity (Wildman–Crippen MR) is 103 cm³/mol. The molecule has 0 aliphatic heterocycles. The molecule has 1 aromatic heterocycles. The molecule has 26 heavy (non-hydrogen) atoms. The number of esters is 1. The van der Waals surface area contributed by atoms with E-state index in [1.807, 2.05) is 30.3 Å². The van der Waals surface area contributed by atoms with E-state index < -0.39 is 5.97 Å². The van der Waals surface area contributed by atoms with Crippen LogP contribution in [-0.4, -0.2) is 15.5 Å². The van der Waals surface area contributed by atoms with Crippen molar-refractivity contribution in [1.82, 2.24) is 9.55 Å². The molecule has 0 radical (unpaired) electrons. The van der Waals surface area contributed by atoms with Gasteiger partial charge in [-0.05, 0) is 47.2 Å². The molecule has 0 aliphatic rings. The minimum atomic E-state index is -0.527. The van der Waals surface area contributed by atoms with Gasteiger partial charge in [0, 0.05) is 4.47 Å². The number of para-hydroxylation sites is 1. The number of hydrogen-bond donors (Lipinski definition) is 0. The molecule has 0 N–H and O–H groups in total. The molecule has 0 unspecified atom stereocenters. The molecule has 4 rings (SSSR count). The molecular weight excluding hydrogens is 396 g/mol. The zero-order chi connectivity index (χ0) is 18.1. The van der Waals surface area contributed by atoms with Crippen LogP contribution in [0.25, 0.3) is 21.7 Å². The van der Waals surface area contributed by atoms with Crippen molar-refractivity contribution in [3.05, 3.63) is 81.8 Å². The third-order valence-corrected chi connectivity index (χ3v) is 4.53. The lowest BCUT2D eigenvalue weighted by Crippen LogP contribution is -2.26. The predicted octanol–water partition coefficient (Wildman–Crippen LogP) is 3.92. The molecule has 5 nitrogen and oxygen atoms in total. The third kappa shape index (κ3) is 3.23. The number of nitrogens with zero attached hydrogens (tertiary/aromatic N) is 2. The molecule has 128 valence electrons. The quantitative estimate of drug-likeness (QED) is 0.380. The summed E-state index contributed by atoms with van der Waals surface area (Å²) in [6.07, 6.45) is 1.36. The van der Waals surface area contributed by atoms with Gasteiger partial charge in [-0.2, -0.15) is 0 Å². The summed E-state index contributed by atoms with van der Waals surface area (Å²) >= 11 is 3.43. The number of benzene rings is 3. The Bertz CT molecular complexity index is 1200. The second-order valence-electron chi connectivity index (χ2n) is 5.82. The number of rotatable bonds is 3. The van der Waals surface area contributed by atoms with Gasteiger partial charge in [-0.15, -0.1) is 0 Å². The molecule has 0 saturated carbocycles. The van der Waals surface area contributed by atoms with Crippen LogP contribution in [0.5, 0.6) is 5.75 Å². The lowest BCUT2D eigenvalue weighted by molar-refractivity contribution is -0.135. The van der Waals surface area contributed by atoms with Crippen LogP contribution in [0, 0.1) is 0 Å².